The molecule has 0 amide bonds. The van der Waals surface area contributed by atoms with Crippen molar-refractivity contribution < 1.29 is 13.0 Å². The van der Waals surface area contributed by atoms with E-state index < -0.39 is 16.0 Å². The fourth-order valence-corrected chi connectivity index (χ4v) is 2.34. The second-order valence-electron chi connectivity index (χ2n) is 3.65. The van der Waals surface area contributed by atoms with Crippen molar-refractivity contribution in [1.82, 2.24) is 0 Å². The van der Waals surface area contributed by atoms with Gasteiger partial charge < -0.3 is 4.90 Å². The predicted molar refractivity (Wildman–Crippen MR) is 60.7 cm³/mol. The first-order valence-corrected chi connectivity index (χ1v) is 6.14. The Labute approximate surface area is 90.3 Å². The van der Waals surface area contributed by atoms with E-state index in [1.807, 2.05) is 32.0 Å². The summed E-state index contributed by atoms with van der Waals surface area (Å²) < 4.78 is 30.3. The molecule has 0 aliphatic heterocycles. The van der Waals surface area contributed by atoms with Gasteiger partial charge in [0, 0.05) is 12.7 Å². The third-order valence-electron chi connectivity index (χ3n) is 2.18. The number of para-hydroxylation sites is 1. The summed E-state index contributed by atoms with van der Waals surface area (Å²) in [5.41, 5.74) is 2.82. The van der Waals surface area contributed by atoms with Crippen LogP contribution in [0.4, 0.5) is 5.69 Å². The molecule has 0 spiro atoms. The van der Waals surface area contributed by atoms with E-state index in [4.69, 9.17) is 4.55 Å². The number of rotatable bonds is 3. The molecule has 1 aromatic carbocycles. The van der Waals surface area contributed by atoms with E-state index in [2.05, 4.69) is 0 Å². The van der Waals surface area contributed by atoms with Gasteiger partial charge in [0.05, 0.1) is 0 Å². The van der Waals surface area contributed by atoms with Crippen molar-refractivity contribution in [3.63, 3.8) is 0 Å². The number of anilines is 1. The molecule has 5 heteroatoms. The minimum Gasteiger partial charge on any atom is -0.358 e. The molecule has 1 N–H and O–H groups in total. The molecule has 0 aliphatic rings. The van der Waals surface area contributed by atoms with Crippen molar-refractivity contribution in [1.29, 1.82) is 0 Å². The van der Waals surface area contributed by atoms with Gasteiger partial charge in [0.25, 0.3) is 10.1 Å². The van der Waals surface area contributed by atoms with Crippen molar-refractivity contribution in [3.05, 3.63) is 29.3 Å². The molecule has 84 valence electrons. The van der Waals surface area contributed by atoms with Gasteiger partial charge in [-0.05, 0) is 25.0 Å². The highest BCUT2D eigenvalue weighted by atomic mass is 32.2. The van der Waals surface area contributed by atoms with E-state index in [9.17, 15) is 8.42 Å². The highest BCUT2D eigenvalue weighted by Crippen LogP contribution is 2.23. The standard InChI is InChI=1S/C10H15NO3S/c1-8-5-4-6-9(2)10(8)11(3)7-15(12,13)14/h4-6H,7H2,1-3H3,(H,12,13,14). The predicted octanol–water partition coefficient (Wildman–Crippen LogP) is 1.58. The first-order chi connectivity index (χ1) is 6.81. The van der Waals surface area contributed by atoms with Crippen LogP contribution in [0.15, 0.2) is 18.2 Å². The fourth-order valence-electron chi connectivity index (χ4n) is 1.72. The van der Waals surface area contributed by atoms with E-state index in [1.54, 1.807) is 7.05 Å². The third kappa shape index (κ3) is 3.21. The Morgan fingerprint density at radius 3 is 2.13 bits per heavy atom. The lowest BCUT2D eigenvalue weighted by Gasteiger charge is -2.21. The molecule has 0 radical (unpaired) electrons. The molecule has 4 nitrogen and oxygen atoms in total. The van der Waals surface area contributed by atoms with Crippen LogP contribution in [0.25, 0.3) is 0 Å². The molecule has 0 saturated carbocycles. The number of hydrogen-bond acceptors (Lipinski definition) is 3. The molecule has 0 bridgehead atoms. The first kappa shape index (κ1) is 12.0. The van der Waals surface area contributed by atoms with Gasteiger partial charge >= 0.3 is 0 Å². The Morgan fingerprint density at radius 2 is 1.73 bits per heavy atom. The zero-order valence-corrected chi connectivity index (χ0v) is 9.87. The SMILES string of the molecule is Cc1cccc(C)c1N(C)CS(=O)(=O)O. The number of nitrogens with zero attached hydrogens (tertiary/aromatic N) is 1. The van der Waals surface area contributed by atoms with Crippen LogP contribution in [-0.4, -0.2) is 25.9 Å². The van der Waals surface area contributed by atoms with E-state index in [0.717, 1.165) is 16.8 Å². The minimum atomic E-state index is -3.98. The molecule has 0 heterocycles. The molecule has 1 rings (SSSR count). The zero-order chi connectivity index (χ0) is 11.6. The molecule has 0 aromatic heterocycles. The van der Waals surface area contributed by atoms with E-state index in [1.165, 1.54) is 4.90 Å². The van der Waals surface area contributed by atoms with Crippen LogP contribution in [0, 0.1) is 13.8 Å². The van der Waals surface area contributed by atoms with Crippen molar-refractivity contribution in [3.8, 4) is 0 Å². The third-order valence-corrected chi connectivity index (χ3v) is 2.89. The molecule has 1 aromatic rings. The molecule has 0 aliphatic carbocycles. The van der Waals surface area contributed by atoms with Gasteiger partial charge in [-0.1, -0.05) is 18.2 Å². The average Bonchev–Trinajstić information content (AvgIpc) is 1.99. The van der Waals surface area contributed by atoms with Gasteiger partial charge in [0.1, 0.15) is 5.88 Å². The maximum Gasteiger partial charge on any atom is 0.283 e. The van der Waals surface area contributed by atoms with Crippen LogP contribution >= 0.6 is 0 Å². The van der Waals surface area contributed by atoms with Gasteiger partial charge in [0.2, 0.25) is 0 Å². The molecule has 0 saturated heterocycles. The Morgan fingerprint density at radius 1 is 1.27 bits per heavy atom. The van der Waals surface area contributed by atoms with Crippen molar-refractivity contribution >= 4 is 15.8 Å². The minimum absolute atomic E-state index is 0.390. The number of benzene rings is 1. The lowest BCUT2D eigenvalue weighted by atomic mass is 10.1. The number of hydrogen-bond donors (Lipinski definition) is 1. The second kappa shape index (κ2) is 4.20. The summed E-state index contributed by atoms with van der Waals surface area (Å²) in [6.45, 7) is 3.81. The highest BCUT2D eigenvalue weighted by Gasteiger charge is 2.13. The van der Waals surface area contributed by atoms with Crippen LogP contribution in [0.1, 0.15) is 11.1 Å². The molecule has 0 fully saturated rings. The maximum atomic E-state index is 10.8. The summed E-state index contributed by atoms with van der Waals surface area (Å²) in [6, 6.07) is 5.72. The highest BCUT2D eigenvalue weighted by molar-refractivity contribution is 7.85. The topological polar surface area (TPSA) is 57.6 Å². The van der Waals surface area contributed by atoms with Gasteiger partial charge in [0.15, 0.2) is 0 Å². The number of aryl methyl sites for hydroxylation is 2. The summed E-state index contributed by atoms with van der Waals surface area (Å²) in [5, 5.41) is 0. The van der Waals surface area contributed by atoms with E-state index >= 15 is 0 Å². The Bertz CT molecular complexity index is 433. The summed E-state index contributed by atoms with van der Waals surface area (Å²) in [6.07, 6.45) is 0. The van der Waals surface area contributed by atoms with Crippen molar-refractivity contribution in [2.75, 3.05) is 17.8 Å². The largest absolute Gasteiger partial charge is 0.358 e. The maximum absolute atomic E-state index is 10.8. The van der Waals surface area contributed by atoms with Crippen LogP contribution in [-0.2, 0) is 10.1 Å². The average molecular weight is 229 g/mol. The molecule has 0 unspecified atom stereocenters. The summed E-state index contributed by atoms with van der Waals surface area (Å²) >= 11 is 0. The summed E-state index contributed by atoms with van der Waals surface area (Å²) in [5.74, 6) is -0.390. The molecule has 0 atom stereocenters. The van der Waals surface area contributed by atoms with Gasteiger partial charge in [-0.3, -0.25) is 4.55 Å². The zero-order valence-electron chi connectivity index (χ0n) is 9.06. The molecule has 15 heavy (non-hydrogen) atoms. The van der Waals surface area contributed by atoms with Gasteiger partial charge in [-0.15, -0.1) is 0 Å². The Hall–Kier alpha value is -1.07. The monoisotopic (exact) mass is 229 g/mol. The first-order valence-electron chi connectivity index (χ1n) is 4.54. The molecular weight excluding hydrogens is 214 g/mol. The second-order valence-corrected chi connectivity index (χ2v) is 5.07. The Kier molecular flexibility index (Phi) is 3.36. The lowest BCUT2D eigenvalue weighted by molar-refractivity contribution is 0.482. The van der Waals surface area contributed by atoms with Gasteiger partial charge in [-0.2, -0.15) is 8.42 Å². The van der Waals surface area contributed by atoms with Crippen LogP contribution in [0.2, 0.25) is 0 Å². The van der Waals surface area contributed by atoms with Crippen molar-refractivity contribution in [2.24, 2.45) is 0 Å². The van der Waals surface area contributed by atoms with Gasteiger partial charge in [-0.25, -0.2) is 0 Å². The van der Waals surface area contributed by atoms with E-state index in [-0.39, 0.29) is 0 Å². The van der Waals surface area contributed by atoms with Crippen LogP contribution < -0.4 is 4.90 Å². The quantitative estimate of drug-likeness (QED) is 0.800. The van der Waals surface area contributed by atoms with E-state index in [0.29, 0.717) is 0 Å². The molecular formula is C10H15NO3S. The van der Waals surface area contributed by atoms with Crippen LogP contribution in [0.3, 0.4) is 0 Å². The normalized spacial score (nSPS) is 11.5. The Balaban J connectivity index is 3.06. The smallest absolute Gasteiger partial charge is 0.283 e. The van der Waals surface area contributed by atoms with Crippen LogP contribution in [0.5, 0.6) is 0 Å². The fraction of sp³-hybridized carbons (Fsp3) is 0.400. The van der Waals surface area contributed by atoms with Crippen molar-refractivity contribution in [2.45, 2.75) is 13.8 Å². The summed E-state index contributed by atoms with van der Waals surface area (Å²) in [4.78, 5) is 1.53. The summed E-state index contributed by atoms with van der Waals surface area (Å²) in [7, 11) is -2.34. The lowest BCUT2D eigenvalue weighted by Crippen LogP contribution is -2.26.